The minimum Gasteiger partial charge on any atom is -0.593 e. The first kappa shape index (κ1) is 22.9. The fourth-order valence-electron chi connectivity index (χ4n) is 4.48. The Kier molecular flexibility index (Phi) is 5.65. The van der Waals surface area contributed by atoms with Gasteiger partial charge in [-0.2, -0.15) is 0 Å². The molecule has 176 valence electrons. The normalized spacial score (nSPS) is 24.1. The number of sulfonamides is 2. The summed E-state index contributed by atoms with van der Waals surface area (Å²) in [5, 5.41) is 0. The van der Waals surface area contributed by atoms with E-state index in [9.17, 15) is 22.3 Å². The summed E-state index contributed by atoms with van der Waals surface area (Å²) in [4.78, 5) is 13.8. The lowest BCUT2D eigenvalue weighted by molar-refractivity contribution is 0.0657. The summed E-state index contributed by atoms with van der Waals surface area (Å²) in [5.41, 5.74) is -1.30. The van der Waals surface area contributed by atoms with E-state index in [0.717, 1.165) is 4.31 Å². The number of hydrogen-bond acceptors (Lipinski definition) is 6. The van der Waals surface area contributed by atoms with Gasteiger partial charge in [0.15, 0.2) is 30.6 Å². The van der Waals surface area contributed by atoms with Gasteiger partial charge in [-0.05, 0) is 42.8 Å². The van der Waals surface area contributed by atoms with Crippen LogP contribution in [0.25, 0.3) is 0 Å². The van der Waals surface area contributed by atoms with Crippen molar-refractivity contribution in [2.24, 2.45) is 0 Å². The van der Waals surface area contributed by atoms with E-state index in [1.54, 1.807) is 54.6 Å². The smallest absolute Gasteiger partial charge is 0.299 e. The van der Waals surface area contributed by atoms with Crippen LogP contribution >= 0.6 is 0 Å². The van der Waals surface area contributed by atoms with Crippen LogP contribution in [-0.2, 0) is 29.2 Å². The first-order chi connectivity index (χ1) is 16.3. The number of rotatable bonds is 4. The third-order valence-corrected chi connectivity index (χ3v) is 9.95. The Morgan fingerprint density at radius 1 is 0.794 bits per heavy atom. The first-order valence-corrected chi connectivity index (χ1v) is 13.6. The van der Waals surface area contributed by atoms with Crippen molar-refractivity contribution in [3.05, 3.63) is 90.5 Å². The molecule has 0 aromatic heterocycles. The predicted octanol–water partition coefficient (Wildman–Crippen LogP) is 3.17. The molecule has 10 heteroatoms. The topological polar surface area (TPSA) is 113 Å². The molecule has 2 aliphatic rings. The van der Waals surface area contributed by atoms with Gasteiger partial charge in [0.1, 0.15) is 17.9 Å². The zero-order chi connectivity index (χ0) is 24.0. The van der Waals surface area contributed by atoms with Gasteiger partial charge in [0.05, 0.1) is 12.1 Å². The maximum Gasteiger partial charge on any atom is 0.299 e. The summed E-state index contributed by atoms with van der Waals surface area (Å²) >= 11 is 0. The van der Waals surface area contributed by atoms with Crippen molar-refractivity contribution in [3.8, 4) is 5.75 Å². The van der Waals surface area contributed by atoms with Gasteiger partial charge < -0.3 is 13.8 Å². The summed E-state index contributed by atoms with van der Waals surface area (Å²) < 4.78 is 62.3. The Morgan fingerprint density at radius 3 is 2.00 bits per heavy atom. The highest BCUT2D eigenvalue weighted by atomic mass is 32.3. The maximum absolute atomic E-state index is 13.8. The number of amides is 1. The van der Waals surface area contributed by atoms with Crippen molar-refractivity contribution in [2.45, 2.75) is 21.8 Å². The zero-order valence-corrected chi connectivity index (χ0v) is 19.7. The molecule has 1 spiro atoms. The summed E-state index contributed by atoms with van der Waals surface area (Å²) in [6.45, 7) is -0.330. The van der Waals surface area contributed by atoms with Crippen LogP contribution in [0.5, 0.6) is 5.75 Å². The van der Waals surface area contributed by atoms with E-state index in [-0.39, 0.29) is 47.2 Å². The second-order valence-electron chi connectivity index (χ2n) is 8.30. The summed E-state index contributed by atoms with van der Waals surface area (Å²) in [7, 11) is -8.22. The average molecular weight is 499 g/mol. The van der Waals surface area contributed by atoms with E-state index < -0.39 is 32.2 Å². The molecule has 5 rings (SSSR count). The Labute approximate surface area is 199 Å². The standard InChI is InChI=1S/C24H22N2O6S2/c27-23-21-13-7-8-14-22(21)32-18-24(26(23)34(30,31)20-11-5-2-6-12-20)15-16-25(17-24)33(28,29)19-9-3-1-4-10-19/h1-14H,15-18H2. The lowest BCUT2D eigenvalue weighted by atomic mass is 9.99. The third-order valence-electron chi connectivity index (χ3n) is 6.19. The van der Waals surface area contributed by atoms with E-state index in [1.165, 1.54) is 34.6 Å². The van der Waals surface area contributed by atoms with E-state index in [1.807, 2.05) is 0 Å². The molecule has 34 heavy (non-hydrogen) atoms. The second kappa shape index (κ2) is 8.40. The van der Waals surface area contributed by atoms with Crippen LogP contribution < -0.4 is 4.74 Å². The Hall–Kier alpha value is -2.89. The van der Waals surface area contributed by atoms with Gasteiger partial charge in [-0.1, -0.05) is 56.9 Å². The molecule has 2 heterocycles. The van der Waals surface area contributed by atoms with Crippen LogP contribution in [-0.4, -0.2) is 48.9 Å². The van der Waals surface area contributed by atoms with Crippen LogP contribution in [0, 0.1) is 0 Å². The predicted molar refractivity (Wildman–Crippen MR) is 124 cm³/mol. The van der Waals surface area contributed by atoms with Crippen molar-refractivity contribution >= 4 is 26.7 Å². The van der Waals surface area contributed by atoms with Gasteiger partial charge in [-0.15, -0.1) is 8.61 Å². The molecule has 3 unspecified atom stereocenters. The maximum atomic E-state index is 13.8. The zero-order valence-electron chi connectivity index (χ0n) is 18.1. The minimum absolute atomic E-state index is 0.0466. The van der Waals surface area contributed by atoms with E-state index >= 15 is 0 Å². The van der Waals surface area contributed by atoms with Gasteiger partial charge in [0, 0.05) is 6.54 Å². The van der Waals surface area contributed by atoms with Crippen molar-refractivity contribution in [1.82, 2.24) is 8.61 Å². The van der Waals surface area contributed by atoms with E-state index in [0.29, 0.717) is 0 Å². The molecule has 3 aromatic carbocycles. The number of hydrogen-bond donors (Lipinski definition) is 0. The van der Waals surface area contributed by atoms with Gasteiger partial charge in [0.2, 0.25) is 0 Å². The van der Waals surface area contributed by atoms with Crippen LogP contribution in [0.3, 0.4) is 0 Å². The average Bonchev–Trinajstić information content (AvgIpc) is 3.24. The van der Waals surface area contributed by atoms with Crippen molar-refractivity contribution in [2.75, 3.05) is 19.7 Å². The Balaban J connectivity index is 1.61. The molecule has 1 saturated heterocycles. The van der Waals surface area contributed by atoms with Crippen molar-refractivity contribution in [3.63, 3.8) is 0 Å². The molecular formula is C24H22N2O6S2. The molecule has 0 aliphatic carbocycles. The van der Waals surface area contributed by atoms with Crippen LogP contribution in [0.2, 0.25) is 0 Å². The van der Waals surface area contributed by atoms with Crippen molar-refractivity contribution in [1.29, 1.82) is 0 Å². The highest BCUT2D eigenvalue weighted by molar-refractivity contribution is 7.96. The number of carbonyl (C=O) groups excluding carboxylic acids is 1. The SMILES string of the molecule is O=C1c2ccccc2OCC2(CCN([S+](=O)([O-])c3ccccc3)C2)N1[S+](=O)([O-])c1ccccc1. The van der Waals surface area contributed by atoms with Crippen LogP contribution in [0.4, 0.5) is 0 Å². The van der Waals surface area contributed by atoms with Gasteiger partial charge >= 0.3 is 0 Å². The monoisotopic (exact) mass is 498 g/mol. The molecule has 0 N–H and O–H groups in total. The van der Waals surface area contributed by atoms with Gasteiger partial charge in [-0.3, -0.25) is 4.79 Å². The minimum atomic E-state index is -4.32. The largest absolute Gasteiger partial charge is 0.593 e. The Bertz CT molecular complexity index is 1320. The molecule has 3 atom stereocenters. The Morgan fingerprint density at radius 2 is 1.35 bits per heavy atom. The molecule has 1 amide bonds. The van der Waals surface area contributed by atoms with Crippen molar-refractivity contribution < 1.29 is 27.1 Å². The lowest BCUT2D eigenvalue weighted by Gasteiger charge is -2.39. The molecule has 3 aromatic rings. The number of benzene rings is 3. The first-order valence-electron chi connectivity index (χ1n) is 10.7. The number of nitrogens with zero attached hydrogens (tertiary/aromatic N) is 2. The second-order valence-corrected chi connectivity index (χ2v) is 12.0. The van der Waals surface area contributed by atoms with Gasteiger partial charge in [0.25, 0.3) is 5.91 Å². The number of para-hydroxylation sites is 1. The summed E-state index contributed by atoms with van der Waals surface area (Å²) in [6, 6.07) is 22.1. The third kappa shape index (κ3) is 3.68. The summed E-state index contributed by atoms with van der Waals surface area (Å²) in [5.74, 6) is -0.474. The fraction of sp³-hybridized carbons (Fsp3) is 0.208. The van der Waals surface area contributed by atoms with Gasteiger partial charge in [-0.25, -0.2) is 0 Å². The quantitative estimate of drug-likeness (QED) is 0.511. The van der Waals surface area contributed by atoms with E-state index in [2.05, 4.69) is 0 Å². The molecule has 0 radical (unpaired) electrons. The highest BCUT2D eigenvalue weighted by Gasteiger charge is 2.59. The molecule has 1 fully saturated rings. The highest BCUT2D eigenvalue weighted by Crippen LogP contribution is 2.42. The number of carbonyl (C=O) groups is 1. The molecule has 8 nitrogen and oxygen atoms in total. The molecule has 2 aliphatic heterocycles. The number of ether oxygens (including phenoxy) is 1. The summed E-state index contributed by atoms with van der Waals surface area (Å²) in [6.07, 6.45) is 0.102. The van der Waals surface area contributed by atoms with Crippen LogP contribution in [0.1, 0.15) is 16.8 Å². The van der Waals surface area contributed by atoms with Crippen LogP contribution in [0.15, 0.2) is 94.7 Å². The molecular weight excluding hydrogens is 476 g/mol. The molecule has 0 bridgehead atoms. The molecule has 0 saturated carbocycles. The lowest BCUT2D eigenvalue weighted by Crippen LogP contribution is -2.60. The fourth-order valence-corrected chi connectivity index (χ4v) is 7.76. The number of fused-ring (bicyclic) bond motifs is 1. The van der Waals surface area contributed by atoms with E-state index in [4.69, 9.17) is 4.74 Å².